The summed E-state index contributed by atoms with van der Waals surface area (Å²) in [7, 11) is -3.91. The topological polar surface area (TPSA) is 133 Å². The lowest BCUT2D eigenvalue weighted by atomic mass is 10.1. The van der Waals surface area contributed by atoms with E-state index in [9.17, 15) is 18.0 Å². The summed E-state index contributed by atoms with van der Waals surface area (Å²) in [5.74, 6) is 0.123. The highest BCUT2D eigenvalue weighted by molar-refractivity contribution is 7.89. The van der Waals surface area contributed by atoms with Crippen molar-refractivity contribution in [1.82, 2.24) is 19.4 Å². The minimum atomic E-state index is -3.91. The minimum Gasteiger partial charge on any atom is -0.464 e. The fraction of sp³-hybridized carbons (Fsp3) is 0.375. The predicted octanol–water partition coefficient (Wildman–Crippen LogP) is 3.05. The van der Waals surface area contributed by atoms with Crippen molar-refractivity contribution in [1.29, 1.82) is 0 Å². The number of carbonyl (C=O) groups excluding carboxylic acids is 2. The molecule has 35 heavy (non-hydrogen) atoms. The van der Waals surface area contributed by atoms with Crippen LogP contribution in [0.25, 0.3) is 11.4 Å². The molecule has 3 aromatic rings. The first kappa shape index (κ1) is 24.7. The first-order valence-corrected chi connectivity index (χ1v) is 12.8. The molecule has 1 saturated heterocycles. The van der Waals surface area contributed by atoms with Gasteiger partial charge in [0.15, 0.2) is 5.78 Å². The van der Waals surface area contributed by atoms with Gasteiger partial charge >= 0.3 is 5.97 Å². The summed E-state index contributed by atoms with van der Waals surface area (Å²) in [5.41, 5.74) is 1.16. The number of piperidine rings is 1. The molecule has 1 aliphatic heterocycles. The number of Topliss-reactive ketones (excluding diaryl/α,β-unsaturated/α-hetero) is 1. The Morgan fingerprint density at radius 3 is 2.69 bits per heavy atom. The standard InChI is InChI=1S/C24H26N4O6S/c1-17(29)18-9-11-20(12-10-18)35(31,32)28-14-3-2-7-21(28)24(30)33-15-5-8-22-26-23(27-34-22)19-6-4-13-25-16-19/h4,6,9-13,16,21H,2-3,5,7-8,14-15H2,1H3. The highest BCUT2D eigenvalue weighted by atomic mass is 32.2. The van der Waals surface area contributed by atoms with Gasteiger partial charge in [-0.1, -0.05) is 17.3 Å². The number of benzene rings is 1. The lowest BCUT2D eigenvalue weighted by Gasteiger charge is -2.33. The molecule has 0 aliphatic carbocycles. The molecule has 1 aromatic carbocycles. The van der Waals surface area contributed by atoms with E-state index in [1.165, 1.54) is 35.5 Å². The Balaban J connectivity index is 1.34. The first-order valence-electron chi connectivity index (χ1n) is 11.4. The normalized spacial score (nSPS) is 16.7. The minimum absolute atomic E-state index is 0.0445. The van der Waals surface area contributed by atoms with Crippen LogP contribution in [-0.4, -0.2) is 58.8 Å². The lowest BCUT2D eigenvalue weighted by molar-refractivity contribution is -0.149. The zero-order valence-corrected chi connectivity index (χ0v) is 20.1. The second-order valence-corrected chi connectivity index (χ2v) is 10.1. The molecule has 0 N–H and O–H groups in total. The molecule has 10 nitrogen and oxygen atoms in total. The van der Waals surface area contributed by atoms with E-state index in [0.717, 1.165) is 12.0 Å². The number of esters is 1. The molecule has 1 atom stereocenters. The van der Waals surface area contributed by atoms with E-state index in [1.807, 2.05) is 6.07 Å². The molecule has 184 valence electrons. The summed E-state index contributed by atoms with van der Waals surface area (Å²) < 4.78 is 38.3. The van der Waals surface area contributed by atoms with E-state index in [-0.39, 0.29) is 23.8 Å². The lowest BCUT2D eigenvalue weighted by Crippen LogP contribution is -2.48. The number of pyridine rings is 1. The third-order valence-corrected chi connectivity index (χ3v) is 7.68. The van der Waals surface area contributed by atoms with Gasteiger partial charge in [-0.05, 0) is 56.9 Å². The van der Waals surface area contributed by atoms with E-state index < -0.39 is 22.0 Å². The van der Waals surface area contributed by atoms with Crippen LogP contribution >= 0.6 is 0 Å². The molecule has 1 fully saturated rings. The van der Waals surface area contributed by atoms with E-state index in [1.54, 1.807) is 18.5 Å². The Morgan fingerprint density at radius 2 is 1.97 bits per heavy atom. The average molecular weight is 499 g/mol. The second-order valence-electron chi connectivity index (χ2n) is 8.23. The summed E-state index contributed by atoms with van der Waals surface area (Å²) in [6.07, 6.45) is 5.93. The number of aryl methyl sites for hydroxylation is 1. The van der Waals surface area contributed by atoms with Crippen molar-refractivity contribution in [2.75, 3.05) is 13.2 Å². The van der Waals surface area contributed by atoms with E-state index >= 15 is 0 Å². The predicted molar refractivity (Wildman–Crippen MR) is 125 cm³/mol. The van der Waals surface area contributed by atoms with Crippen LogP contribution in [0.5, 0.6) is 0 Å². The number of hydrogen-bond donors (Lipinski definition) is 0. The maximum Gasteiger partial charge on any atom is 0.324 e. The quantitative estimate of drug-likeness (QED) is 0.248. The van der Waals surface area contributed by atoms with Gasteiger partial charge in [0.1, 0.15) is 6.04 Å². The first-order chi connectivity index (χ1) is 16.9. The van der Waals surface area contributed by atoms with Crippen LogP contribution in [0.1, 0.15) is 48.9 Å². The van der Waals surface area contributed by atoms with Crippen molar-refractivity contribution in [3.8, 4) is 11.4 Å². The van der Waals surface area contributed by atoms with Crippen molar-refractivity contribution in [3.05, 3.63) is 60.2 Å². The van der Waals surface area contributed by atoms with Gasteiger partial charge in [0, 0.05) is 36.5 Å². The summed E-state index contributed by atoms with van der Waals surface area (Å²) in [4.78, 5) is 32.7. The van der Waals surface area contributed by atoms with Gasteiger partial charge in [-0.2, -0.15) is 9.29 Å². The number of sulfonamides is 1. The Bertz CT molecular complexity index is 1270. The molecule has 0 spiro atoms. The van der Waals surface area contributed by atoms with Gasteiger partial charge in [-0.3, -0.25) is 14.6 Å². The molecular formula is C24H26N4O6S. The van der Waals surface area contributed by atoms with E-state index in [2.05, 4.69) is 15.1 Å². The summed E-state index contributed by atoms with van der Waals surface area (Å²) in [6, 6.07) is 8.46. The van der Waals surface area contributed by atoms with Crippen molar-refractivity contribution in [2.24, 2.45) is 0 Å². The van der Waals surface area contributed by atoms with Crippen molar-refractivity contribution < 1.29 is 27.3 Å². The fourth-order valence-electron chi connectivity index (χ4n) is 3.89. The van der Waals surface area contributed by atoms with Gasteiger partial charge in [0.25, 0.3) is 0 Å². The van der Waals surface area contributed by atoms with Gasteiger partial charge in [0.05, 0.1) is 11.5 Å². The number of rotatable bonds is 9. The Hall–Kier alpha value is -3.44. The zero-order valence-electron chi connectivity index (χ0n) is 19.3. The molecule has 1 unspecified atom stereocenters. The van der Waals surface area contributed by atoms with Crippen LogP contribution in [0.15, 0.2) is 58.2 Å². The highest BCUT2D eigenvalue weighted by Gasteiger charge is 2.38. The number of ketones is 1. The number of ether oxygens (including phenoxy) is 1. The maximum absolute atomic E-state index is 13.2. The molecule has 2 aromatic heterocycles. The number of hydrogen-bond acceptors (Lipinski definition) is 9. The highest BCUT2D eigenvalue weighted by Crippen LogP contribution is 2.26. The van der Waals surface area contributed by atoms with Crippen molar-refractivity contribution in [3.63, 3.8) is 0 Å². The largest absolute Gasteiger partial charge is 0.464 e. The smallest absolute Gasteiger partial charge is 0.324 e. The molecule has 3 heterocycles. The number of aromatic nitrogens is 3. The average Bonchev–Trinajstić information content (AvgIpc) is 3.36. The number of carbonyl (C=O) groups is 2. The molecule has 4 rings (SSSR count). The second kappa shape index (κ2) is 10.9. The van der Waals surface area contributed by atoms with Crippen LogP contribution in [0.4, 0.5) is 0 Å². The zero-order chi connectivity index (χ0) is 24.8. The van der Waals surface area contributed by atoms with E-state index in [4.69, 9.17) is 9.26 Å². The molecule has 11 heteroatoms. The van der Waals surface area contributed by atoms with Crippen LogP contribution in [0.3, 0.4) is 0 Å². The SMILES string of the molecule is CC(=O)c1ccc(S(=O)(=O)N2CCCCC2C(=O)OCCCc2nc(-c3cccnc3)no2)cc1. The molecule has 0 radical (unpaired) electrons. The molecule has 0 bridgehead atoms. The van der Waals surface area contributed by atoms with Crippen LogP contribution in [0.2, 0.25) is 0 Å². The third kappa shape index (κ3) is 5.80. The molecular weight excluding hydrogens is 472 g/mol. The van der Waals surface area contributed by atoms with Crippen LogP contribution < -0.4 is 0 Å². The Morgan fingerprint density at radius 1 is 1.17 bits per heavy atom. The van der Waals surface area contributed by atoms with Gasteiger partial charge < -0.3 is 9.26 Å². The Kier molecular flexibility index (Phi) is 7.67. The van der Waals surface area contributed by atoms with Crippen LogP contribution in [0, 0.1) is 0 Å². The number of nitrogens with zero attached hydrogens (tertiary/aromatic N) is 4. The fourth-order valence-corrected chi connectivity index (χ4v) is 5.53. The Labute approximate surface area is 203 Å². The molecule has 0 amide bonds. The molecule has 1 aliphatic rings. The summed E-state index contributed by atoms with van der Waals surface area (Å²) >= 11 is 0. The third-order valence-electron chi connectivity index (χ3n) is 5.76. The van der Waals surface area contributed by atoms with E-state index in [0.29, 0.717) is 43.0 Å². The van der Waals surface area contributed by atoms with Crippen molar-refractivity contribution >= 4 is 21.8 Å². The monoisotopic (exact) mass is 498 g/mol. The van der Waals surface area contributed by atoms with Gasteiger partial charge in [-0.15, -0.1) is 0 Å². The van der Waals surface area contributed by atoms with Crippen LogP contribution in [-0.2, 0) is 26.0 Å². The summed E-state index contributed by atoms with van der Waals surface area (Å²) in [5, 5.41) is 3.93. The molecule has 0 saturated carbocycles. The van der Waals surface area contributed by atoms with Crippen molar-refractivity contribution in [2.45, 2.75) is 50.0 Å². The van der Waals surface area contributed by atoms with Gasteiger partial charge in [0.2, 0.25) is 21.7 Å². The van der Waals surface area contributed by atoms with Gasteiger partial charge in [-0.25, -0.2) is 8.42 Å². The maximum atomic E-state index is 13.2. The summed E-state index contributed by atoms with van der Waals surface area (Å²) in [6.45, 7) is 1.75.